The molecule has 1 aromatic heterocycles. The van der Waals surface area contributed by atoms with Gasteiger partial charge < -0.3 is 4.74 Å². The highest BCUT2D eigenvalue weighted by Crippen LogP contribution is 2.22. The summed E-state index contributed by atoms with van der Waals surface area (Å²) in [7, 11) is 0. The number of rotatable bonds is 5. The second-order valence-electron chi connectivity index (χ2n) is 3.76. The van der Waals surface area contributed by atoms with E-state index in [9.17, 15) is 4.79 Å². The smallest absolute Gasteiger partial charge is 0.151 e. The van der Waals surface area contributed by atoms with Crippen molar-refractivity contribution in [2.45, 2.75) is 13.3 Å². The molecule has 0 fully saturated rings. The summed E-state index contributed by atoms with van der Waals surface area (Å²) in [4.78, 5) is 16.1. The Bertz CT molecular complexity index is 554. The number of aryl methyl sites for hydroxylation is 1. The van der Waals surface area contributed by atoms with Gasteiger partial charge in [0.15, 0.2) is 6.29 Å². The molecular formula is C13H12BrNO2S. The number of aldehydes is 1. The highest BCUT2D eigenvalue weighted by molar-refractivity contribution is 9.10. The Balaban J connectivity index is 1.93. The molecule has 0 radical (unpaired) electrons. The molecule has 0 aliphatic rings. The third-order valence-electron chi connectivity index (χ3n) is 2.54. The lowest BCUT2D eigenvalue weighted by Crippen LogP contribution is -2.01. The first-order valence-corrected chi connectivity index (χ1v) is 7.14. The highest BCUT2D eigenvalue weighted by atomic mass is 79.9. The van der Waals surface area contributed by atoms with Gasteiger partial charge in [0.2, 0.25) is 0 Å². The third-order valence-corrected chi connectivity index (χ3v) is 4.22. The number of carbonyl (C=O) groups is 1. The Kier molecular flexibility index (Phi) is 4.49. The minimum Gasteiger partial charge on any atom is -0.493 e. The zero-order valence-corrected chi connectivity index (χ0v) is 12.3. The highest BCUT2D eigenvalue weighted by Gasteiger charge is 2.03. The second kappa shape index (κ2) is 6.11. The van der Waals surface area contributed by atoms with Gasteiger partial charge in [-0.05, 0) is 41.1 Å². The summed E-state index contributed by atoms with van der Waals surface area (Å²) in [5.41, 5.74) is 3.54. The van der Waals surface area contributed by atoms with Crippen molar-refractivity contribution in [2.24, 2.45) is 0 Å². The van der Waals surface area contributed by atoms with E-state index in [0.29, 0.717) is 12.2 Å². The Labute approximate surface area is 118 Å². The summed E-state index contributed by atoms with van der Waals surface area (Å²) in [6.07, 6.45) is 1.66. The molecule has 0 aliphatic carbocycles. The van der Waals surface area contributed by atoms with E-state index in [0.717, 1.165) is 28.6 Å². The fourth-order valence-corrected chi connectivity index (χ4v) is 2.73. The number of aromatic nitrogens is 1. The number of thiazole rings is 1. The average Bonchev–Trinajstić information content (AvgIpc) is 2.75. The fourth-order valence-electron chi connectivity index (χ4n) is 1.52. The van der Waals surface area contributed by atoms with Gasteiger partial charge in [-0.15, -0.1) is 11.3 Å². The lowest BCUT2D eigenvalue weighted by Gasteiger charge is -2.06. The molecule has 0 spiro atoms. The van der Waals surface area contributed by atoms with E-state index in [1.54, 1.807) is 23.5 Å². The van der Waals surface area contributed by atoms with Gasteiger partial charge in [0.05, 0.1) is 17.8 Å². The van der Waals surface area contributed by atoms with Crippen molar-refractivity contribution < 1.29 is 9.53 Å². The molecule has 0 unspecified atom stereocenters. The monoisotopic (exact) mass is 325 g/mol. The lowest BCUT2D eigenvalue weighted by molar-refractivity contribution is 0.112. The van der Waals surface area contributed by atoms with Crippen LogP contribution in [0.4, 0.5) is 0 Å². The fraction of sp³-hybridized carbons (Fsp3) is 0.231. The van der Waals surface area contributed by atoms with E-state index in [1.165, 1.54) is 4.88 Å². The quantitative estimate of drug-likeness (QED) is 0.788. The molecule has 1 heterocycles. The Morgan fingerprint density at radius 1 is 1.50 bits per heavy atom. The molecule has 0 atom stereocenters. The van der Waals surface area contributed by atoms with Crippen LogP contribution in [0.15, 0.2) is 28.2 Å². The first-order valence-electron chi connectivity index (χ1n) is 5.47. The number of halogens is 1. The normalized spacial score (nSPS) is 10.3. The van der Waals surface area contributed by atoms with Crippen molar-refractivity contribution in [2.75, 3.05) is 6.61 Å². The van der Waals surface area contributed by atoms with Gasteiger partial charge >= 0.3 is 0 Å². The maximum absolute atomic E-state index is 10.7. The third kappa shape index (κ3) is 3.17. The zero-order valence-electron chi connectivity index (χ0n) is 9.85. The van der Waals surface area contributed by atoms with Crippen LogP contribution in [0.5, 0.6) is 5.75 Å². The zero-order chi connectivity index (χ0) is 13.0. The van der Waals surface area contributed by atoms with Crippen LogP contribution in [-0.4, -0.2) is 17.9 Å². The number of nitrogens with zero attached hydrogens (tertiary/aromatic N) is 1. The number of hydrogen-bond donors (Lipinski definition) is 0. The van der Waals surface area contributed by atoms with Crippen LogP contribution in [0.2, 0.25) is 0 Å². The van der Waals surface area contributed by atoms with Crippen molar-refractivity contribution in [1.82, 2.24) is 4.98 Å². The van der Waals surface area contributed by atoms with Gasteiger partial charge in [0, 0.05) is 21.3 Å². The first-order chi connectivity index (χ1) is 8.70. The van der Waals surface area contributed by atoms with Crippen molar-refractivity contribution in [3.8, 4) is 5.75 Å². The summed E-state index contributed by atoms with van der Waals surface area (Å²) >= 11 is 4.98. The van der Waals surface area contributed by atoms with Crippen LogP contribution in [0.1, 0.15) is 20.9 Å². The SMILES string of the molecule is Cc1ncsc1CCOc1ccc(C=O)c(Br)c1. The summed E-state index contributed by atoms with van der Waals surface area (Å²) in [5.74, 6) is 0.759. The maximum Gasteiger partial charge on any atom is 0.151 e. The molecule has 94 valence electrons. The Hall–Kier alpha value is -1.20. The largest absolute Gasteiger partial charge is 0.493 e. The molecule has 3 nitrogen and oxygen atoms in total. The maximum atomic E-state index is 10.7. The minimum absolute atomic E-state index is 0.607. The van der Waals surface area contributed by atoms with E-state index in [1.807, 2.05) is 18.5 Å². The molecule has 0 aliphatic heterocycles. The number of benzene rings is 1. The summed E-state index contributed by atoms with van der Waals surface area (Å²) < 4.78 is 6.40. The molecule has 0 N–H and O–H groups in total. The van der Waals surface area contributed by atoms with Gasteiger partial charge in [-0.25, -0.2) is 4.98 Å². The molecule has 0 saturated heterocycles. The van der Waals surface area contributed by atoms with Crippen LogP contribution in [0.25, 0.3) is 0 Å². The van der Waals surface area contributed by atoms with E-state index >= 15 is 0 Å². The van der Waals surface area contributed by atoms with Crippen molar-refractivity contribution in [3.05, 3.63) is 44.3 Å². The molecule has 2 aromatic rings. The van der Waals surface area contributed by atoms with Gasteiger partial charge in [-0.3, -0.25) is 4.79 Å². The molecule has 0 amide bonds. The number of hydrogen-bond acceptors (Lipinski definition) is 4. The van der Waals surface area contributed by atoms with Gasteiger partial charge in [-0.1, -0.05) is 0 Å². The topological polar surface area (TPSA) is 39.2 Å². The standard InChI is InChI=1S/C13H12BrNO2S/c1-9-13(18-8-15-9)4-5-17-11-3-2-10(7-16)12(14)6-11/h2-3,6-8H,4-5H2,1H3. The van der Waals surface area contributed by atoms with Crippen LogP contribution < -0.4 is 4.74 Å². The summed E-state index contributed by atoms with van der Waals surface area (Å²) in [6.45, 7) is 2.61. The summed E-state index contributed by atoms with van der Waals surface area (Å²) in [6, 6.07) is 5.35. The van der Waals surface area contributed by atoms with Gasteiger partial charge in [0.1, 0.15) is 5.75 Å². The molecule has 1 aromatic carbocycles. The number of carbonyl (C=O) groups excluding carboxylic acids is 1. The van der Waals surface area contributed by atoms with Crippen molar-refractivity contribution >= 4 is 33.6 Å². The number of ether oxygens (including phenoxy) is 1. The minimum atomic E-state index is 0.607. The molecule has 5 heteroatoms. The average molecular weight is 326 g/mol. The van der Waals surface area contributed by atoms with Crippen molar-refractivity contribution in [3.63, 3.8) is 0 Å². The van der Waals surface area contributed by atoms with Crippen LogP contribution in [-0.2, 0) is 6.42 Å². The molecule has 0 saturated carbocycles. The predicted octanol–water partition coefficient (Wildman–Crippen LogP) is 3.65. The predicted molar refractivity (Wildman–Crippen MR) is 75.6 cm³/mol. The van der Waals surface area contributed by atoms with Crippen LogP contribution in [0, 0.1) is 6.92 Å². The van der Waals surface area contributed by atoms with E-state index in [4.69, 9.17) is 4.74 Å². The van der Waals surface area contributed by atoms with E-state index in [-0.39, 0.29) is 0 Å². The Morgan fingerprint density at radius 3 is 2.94 bits per heavy atom. The summed E-state index contributed by atoms with van der Waals surface area (Å²) in [5, 5.41) is 0. The van der Waals surface area contributed by atoms with Crippen molar-refractivity contribution in [1.29, 1.82) is 0 Å². The lowest BCUT2D eigenvalue weighted by atomic mass is 10.2. The molecular weight excluding hydrogens is 314 g/mol. The molecule has 2 rings (SSSR count). The van der Waals surface area contributed by atoms with Gasteiger partial charge in [0.25, 0.3) is 0 Å². The Morgan fingerprint density at radius 2 is 2.33 bits per heavy atom. The van der Waals surface area contributed by atoms with E-state index < -0.39 is 0 Å². The molecule has 18 heavy (non-hydrogen) atoms. The first kappa shape index (κ1) is 13.2. The van der Waals surface area contributed by atoms with Crippen LogP contribution in [0.3, 0.4) is 0 Å². The molecule has 0 bridgehead atoms. The van der Waals surface area contributed by atoms with E-state index in [2.05, 4.69) is 20.9 Å². The second-order valence-corrected chi connectivity index (χ2v) is 5.55. The van der Waals surface area contributed by atoms with Gasteiger partial charge in [-0.2, -0.15) is 0 Å². The van der Waals surface area contributed by atoms with Crippen LogP contribution >= 0.6 is 27.3 Å².